The molecule has 0 aromatic carbocycles. The van der Waals surface area contributed by atoms with Crippen LogP contribution in [0.2, 0.25) is 0 Å². The molecule has 0 fully saturated rings. The van der Waals surface area contributed by atoms with Gasteiger partial charge in [0.15, 0.2) is 0 Å². The molecule has 23 heavy (non-hydrogen) atoms. The predicted octanol–water partition coefficient (Wildman–Crippen LogP) is 5.87. The Hall–Kier alpha value is -1.36. The molecule has 1 atom stereocenters. The van der Waals surface area contributed by atoms with Gasteiger partial charge in [-0.3, -0.25) is 0 Å². The molecule has 0 amide bonds. The first-order valence-electron chi connectivity index (χ1n) is 5.69. The number of hydrogen-bond acceptors (Lipinski definition) is 0. The molecule has 0 heterocycles. The number of allylic oxidation sites excluding steroid dienone is 4. The largest absolute Gasteiger partial charge is 0.416 e. The standard InChI is InChI=1S/C11H6F12/c1-2-3-4(8(12,13)14)6(10(18,19)20)7(11(21,22)23)5(3)9(15,16)17/h6H,2H2,1H3. The molecule has 0 nitrogen and oxygen atoms in total. The highest BCUT2D eigenvalue weighted by Gasteiger charge is 2.66. The van der Waals surface area contributed by atoms with Crippen LogP contribution in [0, 0.1) is 5.92 Å². The molecule has 0 aromatic heterocycles. The van der Waals surface area contributed by atoms with Crippen LogP contribution in [-0.4, -0.2) is 24.7 Å². The van der Waals surface area contributed by atoms with Crippen molar-refractivity contribution < 1.29 is 52.7 Å². The summed E-state index contributed by atoms with van der Waals surface area (Å²) in [6, 6.07) is 0. The first-order chi connectivity index (χ1) is 9.94. The number of halogens is 12. The fourth-order valence-electron chi connectivity index (χ4n) is 2.42. The summed E-state index contributed by atoms with van der Waals surface area (Å²) in [7, 11) is 0. The van der Waals surface area contributed by atoms with Crippen molar-refractivity contribution in [2.24, 2.45) is 5.92 Å². The van der Waals surface area contributed by atoms with E-state index < -0.39 is 59.3 Å². The van der Waals surface area contributed by atoms with Gasteiger partial charge in [-0.25, -0.2) is 0 Å². The molecule has 0 N–H and O–H groups in total. The van der Waals surface area contributed by atoms with Gasteiger partial charge in [-0.2, -0.15) is 52.7 Å². The van der Waals surface area contributed by atoms with Crippen molar-refractivity contribution in [3.63, 3.8) is 0 Å². The van der Waals surface area contributed by atoms with Crippen molar-refractivity contribution in [2.75, 3.05) is 0 Å². The lowest BCUT2D eigenvalue weighted by Gasteiger charge is -2.25. The van der Waals surface area contributed by atoms with Crippen molar-refractivity contribution in [3.05, 3.63) is 22.3 Å². The third-order valence-corrected chi connectivity index (χ3v) is 3.05. The van der Waals surface area contributed by atoms with Crippen LogP contribution in [0.15, 0.2) is 22.3 Å². The van der Waals surface area contributed by atoms with Gasteiger partial charge in [0.05, 0.1) is 16.7 Å². The minimum absolute atomic E-state index is 0.611. The van der Waals surface area contributed by atoms with Crippen LogP contribution >= 0.6 is 0 Å². The Morgan fingerprint density at radius 2 is 1.04 bits per heavy atom. The van der Waals surface area contributed by atoms with Gasteiger partial charge in [-0.15, -0.1) is 0 Å². The number of hydrogen-bond donors (Lipinski definition) is 0. The zero-order valence-electron chi connectivity index (χ0n) is 10.8. The molecular weight excluding hydrogens is 360 g/mol. The van der Waals surface area contributed by atoms with Crippen LogP contribution in [0.1, 0.15) is 13.3 Å². The highest BCUT2D eigenvalue weighted by atomic mass is 19.4. The second kappa shape index (κ2) is 5.33. The lowest BCUT2D eigenvalue weighted by atomic mass is 9.92. The predicted molar refractivity (Wildman–Crippen MR) is 52.1 cm³/mol. The van der Waals surface area contributed by atoms with Gasteiger partial charge < -0.3 is 0 Å². The van der Waals surface area contributed by atoms with Gasteiger partial charge in [-0.05, 0) is 12.0 Å². The molecule has 12 heteroatoms. The summed E-state index contributed by atoms with van der Waals surface area (Å²) in [5.41, 5.74) is -11.1. The van der Waals surface area contributed by atoms with E-state index in [1.54, 1.807) is 0 Å². The van der Waals surface area contributed by atoms with E-state index in [-0.39, 0.29) is 0 Å². The molecule has 0 spiro atoms. The highest BCUT2D eigenvalue weighted by Crippen LogP contribution is 2.59. The molecule has 1 unspecified atom stereocenters. The Labute approximate surface area is 120 Å². The lowest BCUT2D eigenvalue weighted by molar-refractivity contribution is -0.194. The summed E-state index contributed by atoms with van der Waals surface area (Å²) in [5.74, 6) is -4.42. The first kappa shape index (κ1) is 19.7. The van der Waals surface area contributed by atoms with E-state index in [4.69, 9.17) is 0 Å². The molecule has 0 radical (unpaired) electrons. The molecular formula is C11H6F12. The maximum absolute atomic E-state index is 12.8. The second-order valence-electron chi connectivity index (χ2n) is 4.50. The minimum Gasteiger partial charge on any atom is -0.170 e. The first-order valence-corrected chi connectivity index (χ1v) is 5.69. The summed E-state index contributed by atoms with van der Waals surface area (Å²) in [6.07, 6.45) is -25.8. The fraction of sp³-hybridized carbons (Fsp3) is 0.636. The number of rotatable bonds is 1. The Morgan fingerprint density at radius 3 is 1.26 bits per heavy atom. The van der Waals surface area contributed by atoms with E-state index in [1.807, 2.05) is 0 Å². The second-order valence-corrected chi connectivity index (χ2v) is 4.50. The highest BCUT2D eigenvalue weighted by molar-refractivity contribution is 5.56. The molecule has 0 bridgehead atoms. The molecule has 0 aliphatic heterocycles. The third-order valence-electron chi connectivity index (χ3n) is 3.05. The maximum Gasteiger partial charge on any atom is 0.416 e. The Bertz CT molecular complexity index is 533. The van der Waals surface area contributed by atoms with Crippen molar-refractivity contribution in [1.29, 1.82) is 0 Å². The molecule has 134 valence electrons. The van der Waals surface area contributed by atoms with Crippen molar-refractivity contribution in [3.8, 4) is 0 Å². The monoisotopic (exact) mass is 366 g/mol. The van der Waals surface area contributed by atoms with Crippen LogP contribution in [0.3, 0.4) is 0 Å². The summed E-state index contributed by atoms with van der Waals surface area (Å²) in [5, 5.41) is 0. The van der Waals surface area contributed by atoms with Crippen LogP contribution in [0.4, 0.5) is 52.7 Å². The van der Waals surface area contributed by atoms with Crippen molar-refractivity contribution >= 4 is 0 Å². The van der Waals surface area contributed by atoms with Gasteiger partial charge in [-0.1, -0.05) is 6.92 Å². The average molecular weight is 366 g/mol. The smallest absolute Gasteiger partial charge is 0.170 e. The molecule has 0 aromatic rings. The average Bonchev–Trinajstić information content (AvgIpc) is 2.61. The van der Waals surface area contributed by atoms with Crippen molar-refractivity contribution in [1.82, 2.24) is 0 Å². The van der Waals surface area contributed by atoms with E-state index in [0.717, 1.165) is 0 Å². The van der Waals surface area contributed by atoms with Crippen LogP contribution < -0.4 is 0 Å². The molecule has 1 aliphatic rings. The number of alkyl halides is 12. The van der Waals surface area contributed by atoms with Gasteiger partial charge >= 0.3 is 24.7 Å². The van der Waals surface area contributed by atoms with E-state index in [9.17, 15) is 52.7 Å². The van der Waals surface area contributed by atoms with Crippen LogP contribution in [-0.2, 0) is 0 Å². The summed E-state index contributed by atoms with van der Waals surface area (Å²) >= 11 is 0. The Balaban J connectivity index is 3.94. The zero-order chi connectivity index (χ0) is 18.6. The van der Waals surface area contributed by atoms with E-state index in [1.165, 1.54) is 0 Å². The molecule has 1 aliphatic carbocycles. The molecule has 1 rings (SSSR count). The Kier molecular flexibility index (Phi) is 4.56. The van der Waals surface area contributed by atoms with Crippen LogP contribution in [0.5, 0.6) is 0 Å². The fourth-order valence-corrected chi connectivity index (χ4v) is 2.42. The van der Waals surface area contributed by atoms with Crippen LogP contribution in [0.25, 0.3) is 0 Å². The van der Waals surface area contributed by atoms with Crippen molar-refractivity contribution in [2.45, 2.75) is 38.0 Å². The molecule has 0 saturated carbocycles. The van der Waals surface area contributed by atoms with Gasteiger partial charge in [0, 0.05) is 0 Å². The maximum atomic E-state index is 12.8. The van der Waals surface area contributed by atoms with E-state index in [2.05, 4.69) is 0 Å². The SMILES string of the molecule is CCC1=C(C(F)(F)F)C(C(F)(F)F)C(C(F)(F)F)=C1C(F)(F)F. The van der Waals surface area contributed by atoms with Gasteiger partial charge in [0.1, 0.15) is 5.92 Å². The molecule has 0 saturated heterocycles. The minimum atomic E-state index is -6.24. The van der Waals surface area contributed by atoms with Gasteiger partial charge in [0.2, 0.25) is 0 Å². The third kappa shape index (κ3) is 3.60. The Morgan fingerprint density at radius 1 is 0.652 bits per heavy atom. The topological polar surface area (TPSA) is 0 Å². The summed E-state index contributed by atoms with van der Waals surface area (Å²) in [6.45, 7) is 0.611. The lowest BCUT2D eigenvalue weighted by Crippen LogP contribution is -2.36. The van der Waals surface area contributed by atoms with E-state index >= 15 is 0 Å². The summed E-state index contributed by atoms with van der Waals surface area (Å²) in [4.78, 5) is 0. The normalized spacial score (nSPS) is 21.5. The van der Waals surface area contributed by atoms with E-state index in [0.29, 0.717) is 6.92 Å². The summed E-state index contributed by atoms with van der Waals surface area (Å²) < 4.78 is 153. The quantitative estimate of drug-likeness (QED) is 0.510. The van der Waals surface area contributed by atoms with Gasteiger partial charge in [0.25, 0.3) is 0 Å². The zero-order valence-corrected chi connectivity index (χ0v) is 10.8.